The molecular weight excluding hydrogens is 1600 g/mol. The second-order valence-corrected chi connectivity index (χ2v) is 40.6. The monoisotopic (exact) mass is 1730 g/mol. The predicted molar refractivity (Wildman–Crippen MR) is 481 cm³/mol. The van der Waals surface area contributed by atoms with Crippen molar-refractivity contribution in [2.45, 2.75) is 292 Å². The number of benzene rings is 4. The highest BCUT2D eigenvalue weighted by Crippen LogP contribution is 2.68. The van der Waals surface area contributed by atoms with E-state index in [2.05, 4.69) is 105 Å². The third-order valence-corrected chi connectivity index (χ3v) is 32.9. The molecule has 5 aromatic rings. The van der Waals surface area contributed by atoms with Crippen molar-refractivity contribution >= 4 is 58.8 Å². The Hall–Kier alpha value is -8.69. The van der Waals surface area contributed by atoms with Crippen LogP contribution in [0.25, 0.3) is 0 Å². The van der Waals surface area contributed by atoms with Crippen LogP contribution in [0.2, 0.25) is 0 Å². The summed E-state index contributed by atoms with van der Waals surface area (Å²) in [7, 11) is 7.13. The molecule has 26 heteroatoms. The Morgan fingerprint density at radius 1 is 0.400 bits per heavy atom. The van der Waals surface area contributed by atoms with E-state index in [-0.39, 0.29) is 75.7 Å². The SMILES string of the molecule is CCC(C)N1C(=O)C2(N=C1N)c1cc(OCC3CC3)ccc1CC21CCC(OC)CC1.CCCCN1C(=O)C2(N=C1N)c1cc(OCC3CC3)ccc1CC21CCC(OC)CC1.CCCN1C(=O)C2(N=C1N)c1cc(OCC3CC3)ccc1CC21CCC(OC)CC1.COC1CCC2(CC1)Cc1ccc(OCC3CC3)cc1C21N=C(N)N(Cc2cncs2)C1=O. The van der Waals surface area contributed by atoms with Gasteiger partial charge in [0.2, 0.25) is 0 Å². The molecule has 0 bridgehead atoms. The van der Waals surface area contributed by atoms with Gasteiger partial charge in [0.25, 0.3) is 23.6 Å². The van der Waals surface area contributed by atoms with Crippen molar-refractivity contribution in [3.05, 3.63) is 134 Å². The minimum absolute atomic E-state index is 0.0117. The van der Waals surface area contributed by atoms with Gasteiger partial charge in [0, 0.05) is 80.3 Å². The molecule has 8 saturated carbocycles. The van der Waals surface area contributed by atoms with Gasteiger partial charge < -0.3 is 60.8 Å². The molecule has 4 aromatic carbocycles. The molecule has 1 aromatic heterocycles. The molecule has 125 heavy (non-hydrogen) atoms. The van der Waals surface area contributed by atoms with Gasteiger partial charge in [0.05, 0.1) is 62.9 Å². The molecule has 5 heterocycles. The second kappa shape index (κ2) is 34.7. The van der Waals surface area contributed by atoms with Crippen LogP contribution in [0, 0.1) is 45.3 Å². The number of hydrogen-bond acceptors (Lipinski definition) is 22. The van der Waals surface area contributed by atoms with E-state index in [0.717, 1.165) is 231 Å². The summed E-state index contributed by atoms with van der Waals surface area (Å²) in [5.41, 5.74) is 31.5. The Kier molecular flexibility index (Phi) is 24.2. The lowest BCUT2D eigenvalue weighted by molar-refractivity contribution is -0.140. The maximum absolute atomic E-state index is 14.3. The molecule has 21 rings (SSSR count). The van der Waals surface area contributed by atoms with Crippen molar-refractivity contribution in [3.63, 3.8) is 0 Å². The minimum Gasteiger partial charge on any atom is -0.493 e. The van der Waals surface area contributed by atoms with E-state index in [1.54, 1.807) is 59.7 Å². The highest BCUT2D eigenvalue weighted by atomic mass is 32.1. The van der Waals surface area contributed by atoms with Crippen LogP contribution in [0.5, 0.6) is 23.0 Å². The lowest BCUT2D eigenvalue weighted by Crippen LogP contribution is -2.53. The number of unbranched alkanes of at least 4 members (excludes halogenated alkanes) is 1. The third kappa shape index (κ3) is 15.3. The van der Waals surface area contributed by atoms with Crippen LogP contribution in [0.1, 0.15) is 257 Å². The lowest BCUT2D eigenvalue weighted by atomic mass is 9.61. The fraction of sp³-hybridized carbons (Fsp3) is 0.646. The van der Waals surface area contributed by atoms with Gasteiger partial charge in [-0.25, -0.2) is 20.0 Å². The Bertz CT molecular complexity index is 4970. The van der Waals surface area contributed by atoms with Crippen molar-refractivity contribution < 1.29 is 57.1 Å². The molecule has 4 amide bonds. The molecule has 0 radical (unpaired) electrons. The molecule has 8 spiro atoms. The van der Waals surface area contributed by atoms with Gasteiger partial charge >= 0.3 is 0 Å². The van der Waals surface area contributed by atoms with Gasteiger partial charge in [-0.3, -0.25) is 43.8 Å². The number of methoxy groups -OCH3 is 4. The van der Waals surface area contributed by atoms with Crippen molar-refractivity contribution in [1.82, 2.24) is 24.6 Å². The molecule has 12 aliphatic carbocycles. The summed E-state index contributed by atoms with van der Waals surface area (Å²) in [4.78, 5) is 88.6. The molecule has 8 N–H and O–H groups in total. The van der Waals surface area contributed by atoms with Gasteiger partial charge in [-0.05, 0) is 323 Å². The first kappa shape index (κ1) is 87.0. The molecular formula is C99H133N13O12S. The van der Waals surface area contributed by atoms with Crippen LogP contribution in [-0.4, -0.2) is 170 Å². The Morgan fingerprint density at radius 2 is 0.704 bits per heavy atom. The Morgan fingerprint density at radius 3 is 0.992 bits per heavy atom. The summed E-state index contributed by atoms with van der Waals surface area (Å²) < 4.78 is 47.0. The smallest absolute Gasteiger partial charge is 0.262 e. The number of hydrogen-bond donors (Lipinski definition) is 4. The van der Waals surface area contributed by atoms with Crippen molar-refractivity contribution in [2.24, 2.45) is 88.2 Å². The number of aromatic nitrogens is 1. The minimum atomic E-state index is -0.991. The highest BCUT2D eigenvalue weighted by Gasteiger charge is 2.72. The summed E-state index contributed by atoms with van der Waals surface area (Å²) in [6.07, 6.45) is 34.7. The number of amides is 4. The van der Waals surface area contributed by atoms with Gasteiger partial charge in [-0.15, -0.1) is 11.3 Å². The number of ether oxygens (including phenoxy) is 8. The summed E-state index contributed by atoms with van der Waals surface area (Å²) in [5.74, 6) is 7.65. The number of rotatable bonds is 25. The summed E-state index contributed by atoms with van der Waals surface area (Å²) >= 11 is 1.53. The Labute approximate surface area is 741 Å². The van der Waals surface area contributed by atoms with Gasteiger partial charge in [0.1, 0.15) is 23.0 Å². The number of carbonyl (C=O) groups is 4. The van der Waals surface area contributed by atoms with Gasteiger partial charge in [0.15, 0.2) is 46.0 Å². The normalized spacial score (nSPS) is 32.2. The maximum atomic E-state index is 14.3. The fourth-order valence-corrected chi connectivity index (χ4v) is 24.5. The van der Waals surface area contributed by atoms with E-state index in [9.17, 15) is 19.2 Å². The zero-order valence-corrected chi connectivity index (χ0v) is 75.8. The number of fused-ring (bicyclic) bond motifs is 12. The third-order valence-electron chi connectivity index (χ3n) is 32.1. The standard InChI is InChI=1S/C25H30N4O3S.2C25H35N3O3.C24H33N3O3/c1-31-18-6-8-24(9-7-18)11-17-4-5-19(32-14-16-2-3-16)10-21(17)25(24)22(30)29(23(26)28-25)13-20-12-27-15-33-20;1-4-16(2)28-22(29)25(27-23(28)26)21-13-20(31-15-17-5-6-17)8-7-18(21)14-24(25)11-9-19(30-3)10-12-24;1-3-4-13-28-22(29)25(27-23(28)26)21-14-20(31-16-17-5-6-17)8-7-18(21)15-24(25)11-9-19(30-2)10-12-24;1-3-12-27-21(28)24(26-22(27)25)20-13-19(30-15-16-4-5-16)7-6-17(20)14-23(24)10-8-18(29-2)9-11-23/h4-5,10,12,15-16,18H,2-3,6-9,11,13-14H2,1H3,(H2,26,28);7-8,13,16-17,19H,4-6,9-12,14-15H2,1-3H3,(H2,26,27);7-8,14,17,19H,3-6,9-13,15-16H2,1-2H3,(H2,26,27);6-7,13,16,18H,3-5,8-12,14-15H2,1-2H3,(H2,25,26). The molecule has 25 nitrogen and oxygen atoms in total. The van der Waals surface area contributed by atoms with E-state index in [1.165, 1.54) is 85.0 Å². The fourth-order valence-electron chi connectivity index (χ4n) is 23.9. The number of nitrogens with zero attached hydrogens (tertiary/aromatic N) is 9. The largest absolute Gasteiger partial charge is 0.493 e. The van der Waals surface area contributed by atoms with Crippen LogP contribution in [0.4, 0.5) is 0 Å². The van der Waals surface area contributed by atoms with E-state index >= 15 is 0 Å². The van der Waals surface area contributed by atoms with Crippen LogP contribution >= 0.6 is 11.3 Å². The van der Waals surface area contributed by atoms with Crippen LogP contribution in [0.3, 0.4) is 0 Å². The van der Waals surface area contributed by atoms with E-state index < -0.39 is 22.2 Å². The summed E-state index contributed by atoms with van der Waals surface area (Å²) in [6.45, 7) is 13.0. The van der Waals surface area contributed by atoms with Gasteiger partial charge in [-0.2, -0.15) is 0 Å². The molecule has 672 valence electrons. The quantitative estimate of drug-likeness (QED) is 0.0422. The molecule has 0 saturated heterocycles. The number of carbonyl (C=O) groups excluding carboxylic acids is 4. The zero-order chi connectivity index (χ0) is 87.0. The van der Waals surface area contributed by atoms with E-state index in [1.807, 2.05) is 0 Å². The predicted octanol–water partition coefficient (Wildman–Crippen LogP) is 14.5. The number of guanidine groups is 4. The molecule has 5 atom stereocenters. The highest BCUT2D eigenvalue weighted by molar-refractivity contribution is 7.09. The number of nitrogens with two attached hydrogens (primary N) is 4. The first-order valence-corrected chi connectivity index (χ1v) is 48.2. The molecule has 4 aliphatic heterocycles. The first-order chi connectivity index (χ1) is 60.5. The topological polar surface area (TPSA) is 321 Å². The number of thiazole rings is 1. The lowest BCUT2D eigenvalue weighted by Gasteiger charge is -2.45. The van der Waals surface area contributed by atoms with Crippen LogP contribution in [0.15, 0.2) is 104 Å². The summed E-state index contributed by atoms with van der Waals surface area (Å²) in [5, 5.41) is 0. The Balaban J connectivity index is 0.000000113. The second-order valence-electron chi connectivity index (χ2n) is 39.6. The molecule has 5 unspecified atom stereocenters. The molecule has 16 aliphatic rings. The van der Waals surface area contributed by atoms with Crippen LogP contribution < -0.4 is 41.9 Å². The average Bonchev–Trinajstić information content (AvgIpc) is 1.54. The van der Waals surface area contributed by atoms with Crippen LogP contribution in [-0.2, 0) is 92.5 Å². The van der Waals surface area contributed by atoms with Gasteiger partial charge in [-0.1, -0.05) is 51.5 Å². The summed E-state index contributed by atoms with van der Waals surface area (Å²) in [6, 6.07) is 25.2. The zero-order valence-electron chi connectivity index (χ0n) is 75.0. The first-order valence-electron chi connectivity index (χ1n) is 47.3. The van der Waals surface area contributed by atoms with E-state index in [4.69, 9.17) is 80.8 Å². The van der Waals surface area contributed by atoms with Crippen molar-refractivity contribution in [1.29, 1.82) is 0 Å². The average molecular weight is 1730 g/mol. The maximum Gasteiger partial charge on any atom is 0.262 e. The number of aliphatic imine (C=N–C) groups is 4. The van der Waals surface area contributed by atoms with E-state index in [0.29, 0.717) is 67.1 Å². The van der Waals surface area contributed by atoms with Crippen molar-refractivity contribution in [3.8, 4) is 23.0 Å². The van der Waals surface area contributed by atoms with Crippen molar-refractivity contribution in [2.75, 3.05) is 68.0 Å². The molecule has 8 fully saturated rings.